The topological polar surface area (TPSA) is 96.0 Å². The third kappa shape index (κ3) is 5.63. The number of ether oxygens (including phenoxy) is 1. The molecule has 35 heavy (non-hydrogen) atoms. The monoisotopic (exact) mass is 470 g/mol. The Labute approximate surface area is 205 Å². The third-order valence-corrected chi connectivity index (χ3v) is 6.14. The predicted octanol–water partition coefficient (Wildman–Crippen LogP) is 3.20. The van der Waals surface area contributed by atoms with Crippen molar-refractivity contribution in [3.63, 3.8) is 0 Å². The molecule has 0 aromatic carbocycles. The summed E-state index contributed by atoms with van der Waals surface area (Å²) in [6.07, 6.45) is 6.19. The van der Waals surface area contributed by atoms with E-state index in [4.69, 9.17) is 14.7 Å². The number of pyridine rings is 2. The van der Waals surface area contributed by atoms with Gasteiger partial charge in [-0.2, -0.15) is 5.10 Å². The van der Waals surface area contributed by atoms with Crippen LogP contribution in [0.3, 0.4) is 0 Å². The van der Waals surface area contributed by atoms with Crippen molar-refractivity contribution < 1.29 is 4.74 Å². The molecule has 4 aromatic heterocycles. The van der Waals surface area contributed by atoms with Gasteiger partial charge < -0.3 is 9.64 Å². The Kier molecular flexibility index (Phi) is 6.67. The smallest absolute Gasteiger partial charge is 0.161 e. The summed E-state index contributed by atoms with van der Waals surface area (Å²) in [7, 11) is 1.67. The molecule has 1 saturated heterocycles. The van der Waals surface area contributed by atoms with Crippen LogP contribution in [0, 0.1) is 13.8 Å². The molecule has 180 valence electrons. The van der Waals surface area contributed by atoms with E-state index in [0.29, 0.717) is 12.2 Å². The lowest BCUT2D eigenvalue weighted by Gasteiger charge is -2.35. The first-order valence-corrected chi connectivity index (χ1v) is 11.8. The van der Waals surface area contributed by atoms with Gasteiger partial charge in [-0.25, -0.2) is 15.0 Å². The van der Waals surface area contributed by atoms with Crippen LogP contribution in [-0.2, 0) is 13.0 Å². The molecular weight excluding hydrogens is 440 g/mol. The van der Waals surface area contributed by atoms with Gasteiger partial charge in [0.05, 0.1) is 24.7 Å². The van der Waals surface area contributed by atoms with Gasteiger partial charge in [0.25, 0.3) is 0 Å². The van der Waals surface area contributed by atoms with Crippen LogP contribution in [0.4, 0.5) is 5.82 Å². The lowest BCUT2D eigenvalue weighted by atomic mass is 10.2. The van der Waals surface area contributed by atoms with Gasteiger partial charge in [0, 0.05) is 68.5 Å². The predicted molar refractivity (Wildman–Crippen MR) is 134 cm³/mol. The number of hydrogen-bond acceptors (Lipinski definition) is 8. The highest BCUT2D eigenvalue weighted by Crippen LogP contribution is 2.21. The number of piperazine rings is 1. The van der Waals surface area contributed by atoms with Crippen molar-refractivity contribution in [1.29, 1.82) is 0 Å². The van der Waals surface area contributed by atoms with Crippen LogP contribution in [0.2, 0.25) is 0 Å². The summed E-state index contributed by atoms with van der Waals surface area (Å²) in [5, 5.41) is 7.32. The molecule has 1 fully saturated rings. The summed E-state index contributed by atoms with van der Waals surface area (Å²) in [5.74, 6) is 2.48. The van der Waals surface area contributed by atoms with E-state index in [9.17, 15) is 0 Å². The highest BCUT2D eigenvalue weighted by atomic mass is 16.5. The number of aryl methyl sites for hydroxylation is 2. The maximum absolute atomic E-state index is 5.29. The maximum Gasteiger partial charge on any atom is 0.161 e. The Morgan fingerprint density at radius 3 is 2.51 bits per heavy atom. The second-order valence-corrected chi connectivity index (χ2v) is 8.94. The van der Waals surface area contributed by atoms with Gasteiger partial charge in [-0.3, -0.25) is 15.0 Å². The maximum atomic E-state index is 5.29. The number of nitrogens with zero attached hydrogens (tertiary/aromatic N) is 7. The SMILES string of the molecule is COc1cncc(CN2CCN(c3ccc(-c4nc(C)cc(Cc5cc(C)[nH]n5)n4)cn3)CC2)c1. The van der Waals surface area contributed by atoms with Crippen LogP contribution in [-0.4, -0.2) is 68.3 Å². The highest BCUT2D eigenvalue weighted by molar-refractivity contribution is 5.57. The zero-order valence-electron chi connectivity index (χ0n) is 20.4. The molecule has 5 rings (SSSR count). The normalized spacial score (nSPS) is 14.3. The minimum absolute atomic E-state index is 0.669. The minimum atomic E-state index is 0.669. The van der Waals surface area contributed by atoms with Gasteiger partial charge in [0.2, 0.25) is 0 Å². The number of aromatic amines is 1. The molecule has 5 heterocycles. The Morgan fingerprint density at radius 1 is 0.943 bits per heavy atom. The molecule has 0 unspecified atom stereocenters. The van der Waals surface area contributed by atoms with E-state index in [1.165, 1.54) is 5.56 Å². The van der Waals surface area contributed by atoms with Gasteiger partial charge in [-0.15, -0.1) is 0 Å². The Balaban J connectivity index is 1.22. The molecule has 0 bridgehead atoms. The first-order valence-electron chi connectivity index (χ1n) is 11.8. The fourth-order valence-electron chi connectivity index (χ4n) is 4.36. The summed E-state index contributed by atoms with van der Waals surface area (Å²) < 4.78 is 5.29. The van der Waals surface area contributed by atoms with Crippen LogP contribution < -0.4 is 9.64 Å². The molecular formula is C26H30N8O. The summed E-state index contributed by atoms with van der Waals surface area (Å²) >= 11 is 0. The lowest BCUT2D eigenvalue weighted by Crippen LogP contribution is -2.46. The van der Waals surface area contributed by atoms with Crippen molar-refractivity contribution in [2.75, 3.05) is 38.2 Å². The molecule has 0 radical (unpaired) electrons. The van der Waals surface area contributed by atoms with Crippen LogP contribution in [0.1, 0.15) is 28.3 Å². The van der Waals surface area contributed by atoms with Crippen molar-refractivity contribution in [3.05, 3.63) is 77.3 Å². The summed E-state index contributed by atoms with van der Waals surface area (Å²) in [6, 6.07) is 10.2. The first kappa shape index (κ1) is 22.9. The number of aromatic nitrogens is 6. The minimum Gasteiger partial charge on any atom is -0.495 e. The first-order chi connectivity index (χ1) is 17.1. The van der Waals surface area contributed by atoms with Crippen LogP contribution in [0.25, 0.3) is 11.4 Å². The standard InChI is InChI=1S/C26H30N8O/c1-18-10-22(13-23-11-19(2)31-32-23)30-26(29-18)21-4-5-25(28-15-21)34-8-6-33(7-9-34)17-20-12-24(35-3)16-27-14-20/h4-5,10-12,14-16H,6-9,13,17H2,1-3H3,(H,31,32). The van der Waals surface area contributed by atoms with Gasteiger partial charge >= 0.3 is 0 Å². The van der Waals surface area contributed by atoms with Crippen molar-refractivity contribution in [2.24, 2.45) is 0 Å². The number of nitrogens with one attached hydrogen (secondary N) is 1. The number of methoxy groups -OCH3 is 1. The fraction of sp³-hybridized carbons (Fsp3) is 0.346. The van der Waals surface area contributed by atoms with E-state index in [1.807, 2.05) is 44.4 Å². The summed E-state index contributed by atoms with van der Waals surface area (Å²) in [4.78, 5) is 23.2. The molecule has 9 heteroatoms. The molecule has 0 atom stereocenters. The second kappa shape index (κ2) is 10.2. The van der Waals surface area contributed by atoms with Gasteiger partial charge in [-0.05, 0) is 49.7 Å². The zero-order valence-corrected chi connectivity index (χ0v) is 20.4. The van der Waals surface area contributed by atoms with Gasteiger partial charge in [0.1, 0.15) is 11.6 Å². The number of H-pyrrole nitrogens is 1. The largest absolute Gasteiger partial charge is 0.495 e. The molecule has 0 spiro atoms. The molecule has 0 aliphatic carbocycles. The van der Waals surface area contributed by atoms with E-state index in [2.05, 4.69) is 42.1 Å². The van der Waals surface area contributed by atoms with Gasteiger partial charge in [-0.1, -0.05) is 0 Å². The van der Waals surface area contributed by atoms with E-state index in [0.717, 1.165) is 72.6 Å². The molecule has 1 aliphatic rings. The third-order valence-electron chi connectivity index (χ3n) is 6.14. The van der Waals surface area contributed by atoms with Crippen LogP contribution in [0.5, 0.6) is 5.75 Å². The number of anilines is 1. The molecule has 0 amide bonds. The average Bonchev–Trinajstić information content (AvgIpc) is 3.28. The fourth-order valence-corrected chi connectivity index (χ4v) is 4.36. The quantitative estimate of drug-likeness (QED) is 0.440. The average molecular weight is 471 g/mol. The van der Waals surface area contributed by atoms with E-state index >= 15 is 0 Å². The van der Waals surface area contributed by atoms with Crippen molar-refractivity contribution >= 4 is 5.82 Å². The van der Waals surface area contributed by atoms with E-state index in [-0.39, 0.29) is 0 Å². The summed E-state index contributed by atoms with van der Waals surface area (Å²) in [6.45, 7) is 8.66. The molecule has 0 saturated carbocycles. The molecule has 4 aromatic rings. The second-order valence-electron chi connectivity index (χ2n) is 8.94. The Hall–Kier alpha value is -3.85. The van der Waals surface area contributed by atoms with Crippen molar-refractivity contribution in [1.82, 2.24) is 35.0 Å². The molecule has 1 aliphatic heterocycles. The van der Waals surface area contributed by atoms with E-state index < -0.39 is 0 Å². The Bertz CT molecular complexity index is 1280. The summed E-state index contributed by atoms with van der Waals surface area (Å²) in [5.41, 5.74) is 5.99. The highest BCUT2D eigenvalue weighted by Gasteiger charge is 2.19. The van der Waals surface area contributed by atoms with Gasteiger partial charge in [0.15, 0.2) is 5.82 Å². The zero-order chi connectivity index (χ0) is 24.2. The lowest BCUT2D eigenvalue weighted by molar-refractivity contribution is 0.248. The van der Waals surface area contributed by atoms with Crippen LogP contribution in [0.15, 0.2) is 48.9 Å². The number of rotatable bonds is 7. The van der Waals surface area contributed by atoms with E-state index in [1.54, 1.807) is 13.3 Å². The molecule has 1 N–H and O–H groups in total. The number of hydrogen-bond donors (Lipinski definition) is 1. The Morgan fingerprint density at radius 2 is 1.80 bits per heavy atom. The van der Waals surface area contributed by atoms with Crippen LogP contribution >= 0.6 is 0 Å². The van der Waals surface area contributed by atoms with Crippen molar-refractivity contribution in [3.8, 4) is 17.1 Å². The molecule has 9 nitrogen and oxygen atoms in total. The van der Waals surface area contributed by atoms with Crippen molar-refractivity contribution in [2.45, 2.75) is 26.8 Å².